The Hall–Kier alpha value is -2.91. The fourth-order valence-corrected chi connectivity index (χ4v) is 4.88. The summed E-state index contributed by atoms with van der Waals surface area (Å²) >= 11 is 5.84. The van der Waals surface area contributed by atoms with E-state index in [4.69, 9.17) is 4.74 Å². The van der Waals surface area contributed by atoms with Crippen LogP contribution >= 0.6 is 38.5 Å². The summed E-state index contributed by atoms with van der Waals surface area (Å²) in [5.74, 6) is 0.167. The van der Waals surface area contributed by atoms with Crippen LogP contribution in [0.5, 0.6) is 5.75 Å². The average molecular weight is 629 g/mol. The van der Waals surface area contributed by atoms with Gasteiger partial charge in [-0.3, -0.25) is 9.69 Å². The van der Waals surface area contributed by atoms with Crippen molar-refractivity contribution in [3.8, 4) is 5.75 Å². The van der Waals surface area contributed by atoms with Crippen molar-refractivity contribution in [1.82, 2.24) is 0 Å². The second-order valence-corrected chi connectivity index (χ2v) is 9.95. The van der Waals surface area contributed by atoms with Crippen LogP contribution in [0.3, 0.4) is 0 Å². The normalized spacial score (nSPS) is 15.0. The smallest absolute Gasteiger partial charge is 0.262 e. The molecule has 4 aromatic rings. The molecular formula is C27H19BrFIN2O2. The zero-order valence-corrected chi connectivity index (χ0v) is 21.6. The molecule has 1 amide bonds. The van der Waals surface area contributed by atoms with Crippen molar-refractivity contribution >= 4 is 55.8 Å². The number of rotatable bonds is 5. The molecule has 34 heavy (non-hydrogen) atoms. The molecule has 1 aliphatic rings. The summed E-state index contributed by atoms with van der Waals surface area (Å²) in [6, 6.07) is 27.3. The first kappa shape index (κ1) is 22.9. The molecule has 4 aromatic carbocycles. The third-order valence-corrected chi connectivity index (χ3v) is 6.99. The second-order valence-electron chi connectivity index (χ2n) is 7.85. The summed E-state index contributed by atoms with van der Waals surface area (Å²) in [5.41, 5.74) is 3.80. The summed E-state index contributed by atoms with van der Waals surface area (Å²) in [6.45, 7) is 0.432. The Morgan fingerprint density at radius 1 is 0.971 bits per heavy atom. The maximum atomic E-state index is 13.7. The molecule has 0 bridgehead atoms. The molecule has 1 heterocycles. The number of nitrogens with zero attached hydrogens (tertiary/aromatic N) is 1. The highest BCUT2D eigenvalue weighted by atomic mass is 127. The fourth-order valence-electron chi connectivity index (χ4n) is 3.93. The van der Waals surface area contributed by atoms with E-state index < -0.39 is 6.17 Å². The summed E-state index contributed by atoms with van der Waals surface area (Å²) < 4.78 is 21.5. The van der Waals surface area contributed by atoms with Crippen LogP contribution in [0, 0.1) is 9.39 Å². The van der Waals surface area contributed by atoms with E-state index in [1.165, 1.54) is 12.1 Å². The highest BCUT2D eigenvalue weighted by molar-refractivity contribution is 14.1. The molecule has 1 atom stereocenters. The topological polar surface area (TPSA) is 41.6 Å². The number of ether oxygens (including phenoxy) is 1. The van der Waals surface area contributed by atoms with E-state index in [2.05, 4.69) is 43.8 Å². The second kappa shape index (κ2) is 9.76. The number of anilines is 2. The van der Waals surface area contributed by atoms with Crippen LogP contribution in [0.25, 0.3) is 0 Å². The molecule has 0 unspecified atom stereocenters. The molecule has 5 rings (SSSR count). The number of fused-ring (bicyclic) bond motifs is 1. The van der Waals surface area contributed by atoms with E-state index in [0.29, 0.717) is 23.6 Å². The molecule has 0 aliphatic carbocycles. The van der Waals surface area contributed by atoms with E-state index in [1.807, 2.05) is 66.7 Å². The molecule has 170 valence electrons. The first-order chi connectivity index (χ1) is 16.5. The molecule has 0 aromatic heterocycles. The molecule has 1 N–H and O–H groups in total. The number of benzene rings is 4. The fraction of sp³-hybridized carbons (Fsp3) is 0.0741. The Bertz CT molecular complexity index is 1350. The van der Waals surface area contributed by atoms with Crippen LogP contribution in [0.4, 0.5) is 15.8 Å². The van der Waals surface area contributed by atoms with Gasteiger partial charge in [0.05, 0.1) is 5.56 Å². The van der Waals surface area contributed by atoms with Gasteiger partial charge in [0.2, 0.25) is 0 Å². The summed E-state index contributed by atoms with van der Waals surface area (Å²) in [5, 5.41) is 3.50. The van der Waals surface area contributed by atoms with Crippen LogP contribution in [0.1, 0.15) is 27.7 Å². The Morgan fingerprint density at radius 2 is 1.74 bits per heavy atom. The number of carbonyl (C=O) groups is 1. The van der Waals surface area contributed by atoms with E-state index in [-0.39, 0.29) is 11.7 Å². The number of hydrogen-bond donors (Lipinski definition) is 1. The highest BCUT2D eigenvalue weighted by Gasteiger charge is 2.35. The van der Waals surface area contributed by atoms with Crippen molar-refractivity contribution in [2.75, 3.05) is 10.2 Å². The lowest BCUT2D eigenvalue weighted by Gasteiger charge is -2.38. The van der Waals surface area contributed by atoms with Gasteiger partial charge in [-0.15, -0.1) is 0 Å². The van der Waals surface area contributed by atoms with Crippen molar-refractivity contribution in [3.63, 3.8) is 0 Å². The predicted molar refractivity (Wildman–Crippen MR) is 144 cm³/mol. The van der Waals surface area contributed by atoms with E-state index in [0.717, 1.165) is 24.9 Å². The average Bonchev–Trinajstić information content (AvgIpc) is 2.85. The lowest BCUT2D eigenvalue weighted by Crippen LogP contribution is -2.43. The Balaban J connectivity index is 1.55. The number of hydrogen-bond acceptors (Lipinski definition) is 3. The molecule has 0 saturated heterocycles. The molecule has 0 radical (unpaired) electrons. The first-order valence-corrected chi connectivity index (χ1v) is 12.5. The monoisotopic (exact) mass is 628 g/mol. The van der Waals surface area contributed by atoms with Crippen LogP contribution in [-0.4, -0.2) is 5.91 Å². The molecule has 0 spiro atoms. The molecular weight excluding hydrogens is 610 g/mol. The van der Waals surface area contributed by atoms with Gasteiger partial charge in [-0.2, -0.15) is 0 Å². The molecule has 4 nitrogen and oxygen atoms in total. The van der Waals surface area contributed by atoms with Gasteiger partial charge < -0.3 is 10.1 Å². The van der Waals surface area contributed by atoms with Crippen LogP contribution < -0.4 is 15.0 Å². The van der Waals surface area contributed by atoms with E-state index >= 15 is 0 Å². The van der Waals surface area contributed by atoms with Crippen molar-refractivity contribution in [3.05, 3.63) is 122 Å². The molecule has 7 heteroatoms. The Morgan fingerprint density at radius 3 is 2.50 bits per heavy atom. The quantitative estimate of drug-likeness (QED) is 0.232. The van der Waals surface area contributed by atoms with Crippen molar-refractivity contribution in [2.24, 2.45) is 0 Å². The van der Waals surface area contributed by atoms with Gasteiger partial charge in [0.1, 0.15) is 24.3 Å². The number of halogens is 3. The summed E-state index contributed by atoms with van der Waals surface area (Å²) in [6.07, 6.45) is -0.528. The minimum atomic E-state index is -0.528. The number of nitrogens with one attached hydrogen (secondary N) is 1. The van der Waals surface area contributed by atoms with E-state index in [1.54, 1.807) is 17.0 Å². The Kier molecular flexibility index (Phi) is 6.56. The van der Waals surface area contributed by atoms with Crippen molar-refractivity contribution < 1.29 is 13.9 Å². The maximum absolute atomic E-state index is 13.7. The van der Waals surface area contributed by atoms with Gasteiger partial charge in [-0.25, -0.2) is 4.39 Å². The van der Waals surface area contributed by atoms with Gasteiger partial charge in [0.15, 0.2) is 0 Å². The summed E-state index contributed by atoms with van der Waals surface area (Å²) in [7, 11) is 0. The van der Waals surface area contributed by atoms with Crippen molar-refractivity contribution in [1.29, 1.82) is 0 Å². The van der Waals surface area contributed by atoms with Crippen LogP contribution in [0.2, 0.25) is 0 Å². The molecule has 1 aliphatic heterocycles. The van der Waals surface area contributed by atoms with Crippen LogP contribution in [-0.2, 0) is 6.61 Å². The third-order valence-electron chi connectivity index (χ3n) is 5.60. The van der Waals surface area contributed by atoms with Crippen molar-refractivity contribution in [2.45, 2.75) is 12.8 Å². The highest BCUT2D eigenvalue weighted by Crippen LogP contribution is 2.40. The standard InChI is InChI=1S/C27H19BrFIN2O2/c28-24-12-11-21(34-16-17-4-2-1-3-5-17)15-22(24)26-31-25-13-8-19(30)14-23(25)27(33)32(26)20-9-6-18(29)7-10-20/h1-15,26,31H,16H2/t26-/m0/s1. The Labute approximate surface area is 219 Å². The van der Waals surface area contributed by atoms with Gasteiger partial charge in [-0.1, -0.05) is 46.3 Å². The lowest BCUT2D eigenvalue weighted by atomic mass is 10.0. The third kappa shape index (κ3) is 4.67. The lowest BCUT2D eigenvalue weighted by molar-refractivity contribution is 0.0974. The number of carbonyl (C=O) groups excluding carboxylic acids is 1. The minimum absolute atomic E-state index is 0.161. The maximum Gasteiger partial charge on any atom is 0.262 e. The van der Waals surface area contributed by atoms with Gasteiger partial charge in [-0.05, 0) is 88.8 Å². The van der Waals surface area contributed by atoms with Gasteiger partial charge >= 0.3 is 0 Å². The predicted octanol–water partition coefficient (Wildman–Crippen LogP) is 7.54. The summed E-state index contributed by atoms with van der Waals surface area (Å²) in [4.78, 5) is 15.3. The molecule has 0 fully saturated rings. The van der Waals surface area contributed by atoms with Gasteiger partial charge in [0.25, 0.3) is 5.91 Å². The first-order valence-electron chi connectivity index (χ1n) is 10.6. The minimum Gasteiger partial charge on any atom is -0.489 e. The molecule has 0 saturated carbocycles. The van der Waals surface area contributed by atoms with Gasteiger partial charge in [0, 0.05) is 25.0 Å². The van der Waals surface area contributed by atoms with Crippen LogP contribution in [0.15, 0.2) is 95.5 Å². The zero-order chi connectivity index (χ0) is 23.7. The zero-order valence-electron chi connectivity index (χ0n) is 17.8. The SMILES string of the molecule is O=C1c2cc(I)ccc2N[C@H](c2cc(OCc3ccccc3)ccc2Br)N1c1ccc(F)cc1. The number of amides is 1. The van der Waals surface area contributed by atoms with E-state index in [9.17, 15) is 9.18 Å². The largest absolute Gasteiger partial charge is 0.489 e.